The molecule has 3 aliphatic rings. The minimum atomic E-state index is -0.0259. The van der Waals surface area contributed by atoms with Crippen LogP contribution in [0.4, 0.5) is 0 Å². The zero-order valence-electron chi connectivity index (χ0n) is 12.8. The number of nitrogens with zero attached hydrogens (tertiary/aromatic N) is 1. The molecule has 0 aromatic heterocycles. The first-order chi connectivity index (χ1) is 9.65. The predicted molar refractivity (Wildman–Crippen MR) is 79.7 cm³/mol. The summed E-state index contributed by atoms with van der Waals surface area (Å²) >= 11 is 0. The van der Waals surface area contributed by atoms with Gasteiger partial charge in [0.05, 0.1) is 6.10 Å². The minimum absolute atomic E-state index is 0.0259. The van der Waals surface area contributed by atoms with Gasteiger partial charge in [-0.15, -0.1) is 0 Å². The molecule has 3 rings (SSSR count). The molecule has 4 heteroatoms. The van der Waals surface area contributed by atoms with Crippen molar-refractivity contribution in [1.29, 1.82) is 0 Å². The molecule has 0 unspecified atom stereocenters. The molecule has 116 valence electrons. The van der Waals surface area contributed by atoms with Gasteiger partial charge < -0.3 is 20.1 Å². The van der Waals surface area contributed by atoms with E-state index < -0.39 is 0 Å². The summed E-state index contributed by atoms with van der Waals surface area (Å²) in [6, 6.07) is 0.793. The summed E-state index contributed by atoms with van der Waals surface area (Å²) in [5.41, 5.74) is 0.401. The molecular formula is C16H30N2O2. The number of hydrogen-bond acceptors (Lipinski definition) is 4. The molecule has 0 spiro atoms. The van der Waals surface area contributed by atoms with Gasteiger partial charge in [-0.3, -0.25) is 0 Å². The summed E-state index contributed by atoms with van der Waals surface area (Å²) in [7, 11) is 2.25. The highest BCUT2D eigenvalue weighted by Gasteiger charge is 2.36. The largest absolute Gasteiger partial charge is 0.393 e. The molecule has 0 aromatic carbocycles. The Morgan fingerprint density at radius 3 is 2.55 bits per heavy atom. The molecule has 1 saturated heterocycles. The van der Waals surface area contributed by atoms with Crippen LogP contribution in [-0.2, 0) is 4.74 Å². The maximum atomic E-state index is 9.41. The van der Waals surface area contributed by atoms with Crippen molar-refractivity contribution in [2.45, 2.75) is 50.7 Å². The van der Waals surface area contributed by atoms with Gasteiger partial charge in [0.15, 0.2) is 0 Å². The van der Waals surface area contributed by atoms with Crippen LogP contribution in [0.2, 0.25) is 0 Å². The third-order valence-electron chi connectivity index (χ3n) is 5.28. The van der Waals surface area contributed by atoms with Gasteiger partial charge in [-0.25, -0.2) is 0 Å². The number of rotatable bonds is 7. The Balaban J connectivity index is 1.48. The van der Waals surface area contributed by atoms with E-state index in [4.69, 9.17) is 4.74 Å². The average Bonchev–Trinajstić information content (AvgIpc) is 3.20. The normalized spacial score (nSPS) is 33.1. The molecule has 1 aliphatic heterocycles. The second-order valence-corrected chi connectivity index (χ2v) is 7.46. The van der Waals surface area contributed by atoms with Gasteiger partial charge in [0.1, 0.15) is 0 Å². The number of ether oxygens (including phenoxy) is 1. The lowest BCUT2D eigenvalue weighted by molar-refractivity contribution is -0.0139. The summed E-state index contributed by atoms with van der Waals surface area (Å²) in [5.74, 6) is 0.711. The van der Waals surface area contributed by atoms with E-state index in [0.29, 0.717) is 11.3 Å². The molecule has 2 aliphatic carbocycles. The van der Waals surface area contributed by atoms with Crippen molar-refractivity contribution >= 4 is 0 Å². The summed E-state index contributed by atoms with van der Waals surface area (Å²) in [6.45, 7) is 5.30. The van der Waals surface area contributed by atoms with Crippen LogP contribution in [0, 0.1) is 11.3 Å². The molecule has 0 aromatic rings. The van der Waals surface area contributed by atoms with Gasteiger partial charge in [-0.1, -0.05) is 0 Å². The molecule has 0 amide bonds. The fraction of sp³-hybridized carbons (Fsp3) is 1.00. The Hall–Kier alpha value is -0.160. The molecule has 2 saturated carbocycles. The van der Waals surface area contributed by atoms with Gasteiger partial charge in [-0.05, 0) is 56.9 Å². The monoisotopic (exact) mass is 282 g/mol. The average molecular weight is 282 g/mol. The third-order valence-corrected chi connectivity index (χ3v) is 5.28. The molecule has 1 heterocycles. The van der Waals surface area contributed by atoms with Crippen LogP contribution in [0.25, 0.3) is 0 Å². The van der Waals surface area contributed by atoms with Crippen LogP contribution in [0.5, 0.6) is 0 Å². The Bertz CT molecular complexity index is 308. The maximum Gasteiger partial charge on any atom is 0.0546 e. The fourth-order valence-electron chi connectivity index (χ4n) is 3.77. The number of hydrogen-bond donors (Lipinski definition) is 2. The van der Waals surface area contributed by atoms with Crippen molar-refractivity contribution in [3.63, 3.8) is 0 Å². The highest BCUT2D eigenvalue weighted by atomic mass is 16.5. The second-order valence-electron chi connectivity index (χ2n) is 7.46. The minimum Gasteiger partial charge on any atom is -0.393 e. The topological polar surface area (TPSA) is 44.7 Å². The molecule has 20 heavy (non-hydrogen) atoms. The maximum absolute atomic E-state index is 9.41. The van der Waals surface area contributed by atoms with Gasteiger partial charge in [0.2, 0.25) is 0 Å². The van der Waals surface area contributed by atoms with Crippen molar-refractivity contribution < 1.29 is 9.84 Å². The molecule has 0 atom stereocenters. The zero-order valence-corrected chi connectivity index (χ0v) is 12.8. The standard InChI is InChI=1S/C16H30N2O2/c1-18(10-13-8-15(19)9-13)12-16(4-6-20-7-5-16)11-17-14-2-3-14/h13-15,17,19H,2-12H2,1H3. The Labute approximate surface area is 122 Å². The van der Waals surface area contributed by atoms with E-state index in [2.05, 4.69) is 17.3 Å². The second kappa shape index (κ2) is 6.30. The lowest BCUT2D eigenvalue weighted by Gasteiger charge is -2.42. The summed E-state index contributed by atoms with van der Waals surface area (Å²) < 4.78 is 5.58. The Kier molecular flexibility index (Phi) is 4.65. The van der Waals surface area contributed by atoms with Crippen molar-refractivity contribution in [1.82, 2.24) is 10.2 Å². The highest BCUT2D eigenvalue weighted by molar-refractivity contribution is 4.91. The third kappa shape index (κ3) is 3.94. The van der Waals surface area contributed by atoms with E-state index in [1.54, 1.807) is 0 Å². The fourth-order valence-corrected chi connectivity index (χ4v) is 3.77. The van der Waals surface area contributed by atoms with Crippen LogP contribution >= 0.6 is 0 Å². The first kappa shape index (κ1) is 14.8. The van der Waals surface area contributed by atoms with E-state index >= 15 is 0 Å². The van der Waals surface area contributed by atoms with E-state index in [0.717, 1.165) is 45.2 Å². The Morgan fingerprint density at radius 1 is 1.25 bits per heavy atom. The highest BCUT2D eigenvalue weighted by Crippen LogP contribution is 2.34. The van der Waals surface area contributed by atoms with E-state index in [1.807, 2.05) is 0 Å². The van der Waals surface area contributed by atoms with Gasteiger partial charge in [0, 0.05) is 38.9 Å². The van der Waals surface area contributed by atoms with Gasteiger partial charge >= 0.3 is 0 Å². The van der Waals surface area contributed by atoms with Crippen molar-refractivity contribution in [2.75, 3.05) is 39.9 Å². The smallest absolute Gasteiger partial charge is 0.0546 e. The van der Waals surface area contributed by atoms with Crippen LogP contribution in [0.15, 0.2) is 0 Å². The lowest BCUT2D eigenvalue weighted by atomic mass is 9.78. The molecular weight excluding hydrogens is 252 g/mol. The van der Waals surface area contributed by atoms with Crippen molar-refractivity contribution in [2.24, 2.45) is 11.3 Å². The number of aliphatic hydroxyl groups is 1. The van der Waals surface area contributed by atoms with Crippen LogP contribution < -0.4 is 5.32 Å². The molecule has 2 N–H and O–H groups in total. The van der Waals surface area contributed by atoms with Gasteiger partial charge in [-0.2, -0.15) is 0 Å². The summed E-state index contributed by atoms with van der Waals surface area (Å²) in [6.07, 6.45) is 7.07. The van der Waals surface area contributed by atoms with E-state index in [9.17, 15) is 5.11 Å². The van der Waals surface area contributed by atoms with Crippen LogP contribution in [0.1, 0.15) is 38.5 Å². The zero-order chi connectivity index (χ0) is 14.0. The van der Waals surface area contributed by atoms with Crippen LogP contribution in [0.3, 0.4) is 0 Å². The first-order valence-corrected chi connectivity index (χ1v) is 8.33. The molecule has 0 bridgehead atoms. The van der Waals surface area contributed by atoms with Crippen LogP contribution in [-0.4, -0.2) is 62.0 Å². The van der Waals surface area contributed by atoms with Gasteiger partial charge in [0.25, 0.3) is 0 Å². The predicted octanol–water partition coefficient (Wildman–Crippen LogP) is 1.24. The van der Waals surface area contributed by atoms with E-state index in [1.165, 1.54) is 32.2 Å². The summed E-state index contributed by atoms with van der Waals surface area (Å²) in [4.78, 5) is 2.50. The molecule has 4 nitrogen and oxygen atoms in total. The lowest BCUT2D eigenvalue weighted by Crippen LogP contribution is -2.48. The number of nitrogens with one attached hydrogen (secondary N) is 1. The van der Waals surface area contributed by atoms with E-state index in [-0.39, 0.29) is 6.10 Å². The Morgan fingerprint density at radius 2 is 1.95 bits per heavy atom. The SMILES string of the molecule is CN(CC1CC(O)C1)CC1(CNC2CC2)CCOCC1. The molecule has 0 radical (unpaired) electrons. The molecule has 3 fully saturated rings. The number of aliphatic hydroxyl groups excluding tert-OH is 1. The van der Waals surface area contributed by atoms with Crippen molar-refractivity contribution in [3.05, 3.63) is 0 Å². The quantitative estimate of drug-likeness (QED) is 0.737. The summed E-state index contributed by atoms with van der Waals surface area (Å²) in [5, 5.41) is 13.1. The first-order valence-electron chi connectivity index (χ1n) is 8.33. The van der Waals surface area contributed by atoms with Crippen molar-refractivity contribution in [3.8, 4) is 0 Å².